The Morgan fingerprint density at radius 2 is 2.00 bits per heavy atom. The third kappa shape index (κ3) is 7.19. The van der Waals surface area contributed by atoms with Crippen LogP contribution in [0.3, 0.4) is 0 Å². The van der Waals surface area contributed by atoms with Crippen LogP contribution >= 0.6 is 0 Å². The molecule has 172 valence electrons. The highest BCUT2D eigenvalue weighted by Gasteiger charge is 2.42. The Hall–Kier alpha value is -1.20. The van der Waals surface area contributed by atoms with Gasteiger partial charge in [-0.25, -0.2) is 0 Å². The fourth-order valence-electron chi connectivity index (χ4n) is 5.09. The Bertz CT molecular complexity index is 584. The first-order valence-corrected chi connectivity index (χ1v) is 12.0. The van der Waals surface area contributed by atoms with Gasteiger partial charge in [0, 0.05) is 18.3 Å². The highest BCUT2D eigenvalue weighted by atomic mass is 16.5. The summed E-state index contributed by atoms with van der Waals surface area (Å²) < 4.78 is 5.87. The molecule has 2 rings (SSSR count). The minimum absolute atomic E-state index is 0.00647. The van der Waals surface area contributed by atoms with Crippen molar-refractivity contribution in [2.45, 2.75) is 104 Å². The first kappa shape index (κ1) is 25.1. The molecule has 2 N–H and O–H groups in total. The number of carbonyl (C=O) groups excluding carboxylic acids is 2. The van der Waals surface area contributed by atoms with E-state index in [0.29, 0.717) is 24.2 Å². The molecule has 2 saturated carbocycles. The molecule has 7 atom stereocenters. The van der Waals surface area contributed by atoms with Gasteiger partial charge in [0.25, 0.3) is 0 Å². The quantitative estimate of drug-likeness (QED) is 0.309. The van der Waals surface area contributed by atoms with Crippen LogP contribution in [0.25, 0.3) is 0 Å². The number of carbonyl (C=O) groups is 2. The number of unbranched alkanes of at least 4 members (excludes halogenated alkanes) is 2. The second kappa shape index (κ2) is 12.0. The van der Waals surface area contributed by atoms with Gasteiger partial charge in [-0.3, -0.25) is 9.59 Å². The number of ether oxygens (including phenoxy) is 1. The van der Waals surface area contributed by atoms with Crippen LogP contribution in [0.4, 0.5) is 0 Å². The van der Waals surface area contributed by atoms with E-state index < -0.39 is 24.0 Å². The van der Waals surface area contributed by atoms with E-state index in [0.717, 1.165) is 38.5 Å². The summed E-state index contributed by atoms with van der Waals surface area (Å²) in [5, 5.41) is 20.5. The molecule has 2 fully saturated rings. The van der Waals surface area contributed by atoms with Crippen LogP contribution in [0.15, 0.2) is 12.2 Å². The highest BCUT2D eigenvalue weighted by molar-refractivity contribution is 5.88. The summed E-state index contributed by atoms with van der Waals surface area (Å²) in [5.41, 5.74) is 0. The fourth-order valence-corrected chi connectivity index (χ4v) is 5.09. The summed E-state index contributed by atoms with van der Waals surface area (Å²) in [6, 6.07) is 0. The Labute approximate surface area is 182 Å². The standard InChI is InChI=1S/C25H42O5/c1-5-6-7-8-18(26)10-12-20-21(23(28)15-22(20)27)14-25(29)30-24-13-17(4)9-11-19(24)16(2)3/h10,12,16-22,24,26-27H,5-9,11,13-15H2,1-4H3/t17-,18+,19+,20-,21-,22-,24?/m1/s1. The van der Waals surface area contributed by atoms with Gasteiger partial charge in [-0.2, -0.15) is 0 Å². The van der Waals surface area contributed by atoms with Gasteiger partial charge in [0.1, 0.15) is 11.9 Å². The first-order valence-electron chi connectivity index (χ1n) is 12.0. The van der Waals surface area contributed by atoms with Crippen LogP contribution in [-0.4, -0.2) is 40.3 Å². The molecule has 0 aromatic heterocycles. The normalized spacial score (nSPS) is 33.4. The number of Topliss-reactive ketones (excluding diaryl/α,β-unsaturated/α-hetero) is 1. The number of hydrogen-bond donors (Lipinski definition) is 2. The molecule has 1 unspecified atom stereocenters. The lowest BCUT2D eigenvalue weighted by Crippen LogP contribution is -2.36. The number of ketones is 1. The van der Waals surface area contributed by atoms with E-state index in [1.54, 1.807) is 12.2 Å². The van der Waals surface area contributed by atoms with Crippen LogP contribution in [0.2, 0.25) is 0 Å². The van der Waals surface area contributed by atoms with Gasteiger partial charge in [0.2, 0.25) is 0 Å². The molecule has 0 amide bonds. The maximum absolute atomic E-state index is 12.7. The van der Waals surface area contributed by atoms with Crippen molar-refractivity contribution in [2.24, 2.45) is 29.6 Å². The summed E-state index contributed by atoms with van der Waals surface area (Å²) in [6.45, 7) is 8.65. The van der Waals surface area contributed by atoms with E-state index in [9.17, 15) is 19.8 Å². The van der Waals surface area contributed by atoms with Crippen molar-refractivity contribution in [1.82, 2.24) is 0 Å². The lowest BCUT2D eigenvalue weighted by Gasteiger charge is -2.36. The molecule has 5 heteroatoms. The number of esters is 1. The zero-order valence-corrected chi connectivity index (χ0v) is 19.3. The first-order chi connectivity index (χ1) is 14.2. The van der Waals surface area contributed by atoms with Crippen molar-refractivity contribution in [3.8, 4) is 0 Å². The number of aliphatic hydroxyl groups excluding tert-OH is 2. The average Bonchev–Trinajstić information content (AvgIpc) is 2.92. The van der Waals surface area contributed by atoms with Crippen molar-refractivity contribution in [1.29, 1.82) is 0 Å². The monoisotopic (exact) mass is 422 g/mol. The van der Waals surface area contributed by atoms with Crippen LogP contribution in [0.1, 0.15) is 85.5 Å². The second-order valence-corrected chi connectivity index (χ2v) is 9.93. The van der Waals surface area contributed by atoms with E-state index in [2.05, 4.69) is 27.7 Å². The smallest absolute Gasteiger partial charge is 0.306 e. The van der Waals surface area contributed by atoms with E-state index in [4.69, 9.17) is 4.74 Å². The van der Waals surface area contributed by atoms with Crippen molar-refractivity contribution in [3.05, 3.63) is 12.2 Å². The van der Waals surface area contributed by atoms with E-state index >= 15 is 0 Å². The molecular weight excluding hydrogens is 380 g/mol. The highest BCUT2D eigenvalue weighted by Crippen LogP contribution is 2.37. The maximum Gasteiger partial charge on any atom is 0.306 e. The van der Waals surface area contributed by atoms with E-state index in [1.807, 2.05) is 0 Å². The van der Waals surface area contributed by atoms with Crippen molar-refractivity contribution < 1.29 is 24.5 Å². The van der Waals surface area contributed by atoms with Gasteiger partial charge in [0.05, 0.1) is 18.6 Å². The molecule has 2 aliphatic rings. The van der Waals surface area contributed by atoms with Gasteiger partial charge < -0.3 is 14.9 Å². The minimum Gasteiger partial charge on any atom is -0.462 e. The van der Waals surface area contributed by atoms with Crippen LogP contribution < -0.4 is 0 Å². The van der Waals surface area contributed by atoms with E-state index in [1.165, 1.54) is 0 Å². The van der Waals surface area contributed by atoms with Crippen molar-refractivity contribution in [3.63, 3.8) is 0 Å². The van der Waals surface area contributed by atoms with E-state index in [-0.39, 0.29) is 30.7 Å². The number of hydrogen-bond acceptors (Lipinski definition) is 5. The zero-order valence-electron chi connectivity index (χ0n) is 19.3. The molecule has 5 nitrogen and oxygen atoms in total. The maximum atomic E-state index is 12.7. The van der Waals surface area contributed by atoms with Gasteiger partial charge in [-0.05, 0) is 37.0 Å². The third-order valence-corrected chi connectivity index (χ3v) is 7.02. The van der Waals surface area contributed by atoms with Crippen molar-refractivity contribution >= 4 is 11.8 Å². The second-order valence-electron chi connectivity index (χ2n) is 9.93. The Balaban J connectivity index is 1.96. The zero-order chi connectivity index (χ0) is 22.3. The molecule has 0 heterocycles. The predicted octanol–water partition coefficient (Wildman–Crippen LogP) is 4.44. The Morgan fingerprint density at radius 1 is 1.27 bits per heavy atom. The Kier molecular flexibility index (Phi) is 10.0. The summed E-state index contributed by atoms with van der Waals surface area (Å²) in [4.78, 5) is 25.2. The number of aliphatic hydroxyl groups is 2. The lowest BCUT2D eigenvalue weighted by atomic mass is 9.75. The molecule has 30 heavy (non-hydrogen) atoms. The SMILES string of the molecule is CCCCC[C@H](O)C=C[C@H]1[C@H](O)CC(=O)[C@@H]1CC(=O)OC1C[C@H](C)CC[C@H]1C(C)C. The number of rotatable bonds is 10. The molecule has 0 saturated heterocycles. The van der Waals surface area contributed by atoms with Crippen LogP contribution in [-0.2, 0) is 14.3 Å². The Morgan fingerprint density at radius 3 is 2.67 bits per heavy atom. The summed E-state index contributed by atoms with van der Waals surface area (Å²) in [6.07, 6.45) is 8.91. The summed E-state index contributed by atoms with van der Waals surface area (Å²) in [7, 11) is 0. The molecule has 0 radical (unpaired) electrons. The molecular formula is C25H42O5. The van der Waals surface area contributed by atoms with Crippen LogP contribution in [0, 0.1) is 29.6 Å². The molecule has 2 aliphatic carbocycles. The summed E-state index contributed by atoms with van der Waals surface area (Å²) in [5.74, 6) is -0.0695. The molecule has 0 aliphatic heterocycles. The molecule has 0 aromatic carbocycles. The van der Waals surface area contributed by atoms with Gasteiger partial charge in [-0.1, -0.05) is 65.5 Å². The largest absolute Gasteiger partial charge is 0.462 e. The third-order valence-electron chi connectivity index (χ3n) is 7.02. The minimum atomic E-state index is -0.799. The van der Waals surface area contributed by atoms with Gasteiger partial charge in [0.15, 0.2) is 0 Å². The van der Waals surface area contributed by atoms with Crippen LogP contribution in [0.5, 0.6) is 0 Å². The topological polar surface area (TPSA) is 83.8 Å². The fraction of sp³-hybridized carbons (Fsp3) is 0.840. The molecule has 0 aromatic rings. The molecule has 0 spiro atoms. The molecule has 0 bridgehead atoms. The van der Waals surface area contributed by atoms with Crippen molar-refractivity contribution in [2.75, 3.05) is 0 Å². The van der Waals surface area contributed by atoms with Gasteiger partial charge in [-0.15, -0.1) is 0 Å². The average molecular weight is 423 g/mol. The van der Waals surface area contributed by atoms with Gasteiger partial charge >= 0.3 is 5.97 Å². The summed E-state index contributed by atoms with van der Waals surface area (Å²) >= 11 is 0. The predicted molar refractivity (Wildman–Crippen MR) is 118 cm³/mol. The lowest BCUT2D eigenvalue weighted by molar-refractivity contribution is -0.158.